The van der Waals surface area contributed by atoms with Crippen molar-refractivity contribution in [3.05, 3.63) is 17.2 Å². The fraction of sp³-hybridized carbons (Fsp3) is 0.571. The summed E-state index contributed by atoms with van der Waals surface area (Å²) in [6.07, 6.45) is 0. The summed E-state index contributed by atoms with van der Waals surface area (Å²) in [6.45, 7) is 11.1. The van der Waals surface area contributed by atoms with Gasteiger partial charge in [-0.3, -0.25) is 0 Å². The minimum Gasteiger partial charge on any atom is -0.370 e. The summed E-state index contributed by atoms with van der Waals surface area (Å²) in [5.74, 6) is 2.92. The van der Waals surface area contributed by atoms with Crippen LogP contribution >= 0.6 is 11.8 Å². The Labute approximate surface area is 129 Å². The molecular formula is C14H22N6S. The fourth-order valence-corrected chi connectivity index (χ4v) is 2.69. The normalized spacial score (nSPS) is 11.2. The molecule has 2 aromatic rings. The molecule has 0 radical (unpaired) electrons. The first-order valence-electron chi connectivity index (χ1n) is 7.10. The summed E-state index contributed by atoms with van der Waals surface area (Å²) in [6, 6.07) is 0. The Morgan fingerprint density at radius 1 is 1.19 bits per heavy atom. The molecule has 0 atom stereocenters. The molecule has 2 rings (SSSR count). The van der Waals surface area contributed by atoms with Crippen molar-refractivity contribution in [2.45, 2.75) is 50.7 Å². The number of hydrogen-bond donors (Lipinski definition) is 1. The van der Waals surface area contributed by atoms with Crippen molar-refractivity contribution in [3.8, 4) is 0 Å². The number of hydrogen-bond acceptors (Lipinski definition) is 6. The van der Waals surface area contributed by atoms with E-state index in [1.165, 1.54) is 11.8 Å². The maximum Gasteiger partial charge on any atom is 0.197 e. The summed E-state index contributed by atoms with van der Waals surface area (Å²) < 4.78 is 1.97. The molecule has 114 valence electrons. The SMILES string of the molecule is CCNc1nc(C(C)C)nc(Sc2nnc(C)n2C)c1C. The van der Waals surface area contributed by atoms with Gasteiger partial charge in [-0.2, -0.15) is 0 Å². The largest absolute Gasteiger partial charge is 0.370 e. The Morgan fingerprint density at radius 3 is 2.43 bits per heavy atom. The molecule has 2 heterocycles. The van der Waals surface area contributed by atoms with Gasteiger partial charge in [0.1, 0.15) is 22.5 Å². The van der Waals surface area contributed by atoms with E-state index in [0.29, 0.717) is 0 Å². The summed E-state index contributed by atoms with van der Waals surface area (Å²) >= 11 is 1.53. The molecule has 0 bridgehead atoms. The summed E-state index contributed by atoms with van der Waals surface area (Å²) in [5.41, 5.74) is 1.05. The predicted octanol–water partition coefficient (Wildman–Crippen LogP) is 2.93. The topological polar surface area (TPSA) is 68.5 Å². The van der Waals surface area contributed by atoms with Gasteiger partial charge in [-0.05, 0) is 32.5 Å². The van der Waals surface area contributed by atoms with Crippen LogP contribution in [0.2, 0.25) is 0 Å². The third-order valence-corrected chi connectivity index (χ3v) is 4.35. The minimum absolute atomic E-state index is 0.281. The third-order valence-electron chi connectivity index (χ3n) is 3.22. The van der Waals surface area contributed by atoms with Crippen molar-refractivity contribution < 1.29 is 0 Å². The lowest BCUT2D eigenvalue weighted by atomic mass is 10.2. The molecule has 2 aromatic heterocycles. The van der Waals surface area contributed by atoms with Gasteiger partial charge in [0, 0.05) is 25.1 Å². The standard InChI is InChI=1S/C14H22N6S/c1-7-15-12-9(4)13(17-11(16-12)8(2)3)21-14-19-18-10(5)20(14)6/h8H,7H2,1-6H3,(H,15,16,17). The number of anilines is 1. The molecule has 21 heavy (non-hydrogen) atoms. The van der Waals surface area contributed by atoms with Crippen molar-refractivity contribution >= 4 is 17.6 Å². The van der Waals surface area contributed by atoms with Gasteiger partial charge in [0.15, 0.2) is 5.16 Å². The molecule has 0 unspecified atom stereocenters. The highest BCUT2D eigenvalue weighted by atomic mass is 32.2. The maximum atomic E-state index is 4.69. The van der Waals surface area contributed by atoms with Crippen LogP contribution in [0.4, 0.5) is 5.82 Å². The van der Waals surface area contributed by atoms with E-state index in [2.05, 4.69) is 41.3 Å². The van der Waals surface area contributed by atoms with E-state index in [-0.39, 0.29) is 5.92 Å². The number of nitrogens with one attached hydrogen (secondary N) is 1. The van der Waals surface area contributed by atoms with Crippen LogP contribution in [0, 0.1) is 13.8 Å². The van der Waals surface area contributed by atoms with E-state index in [9.17, 15) is 0 Å². The lowest BCUT2D eigenvalue weighted by Crippen LogP contribution is -2.08. The molecule has 0 fully saturated rings. The molecule has 6 nitrogen and oxygen atoms in total. The van der Waals surface area contributed by atoms with E-state index >= 15 is 0 Å². The Bertz CT molecular complexity index is 635. The van der Waals surface area contributed by atoms with E-state index in [0.717, 1.165) is 39.8 Å². The van der Waals surface area contributed by atoms with Crippen LogP contribution in [0.15, 0.2) is 10.2 Å². The Kier molecular flexibility index (Phi) is 4.82. The first-order valence-corrected chi connectivity index (χ1v) is 7.91. The second-order valence-corrected chi connectivity index (χ2v) is 6.19. The molecule has 0 aliphatic rings. The highest BCUT2D eigenvalue weighted by Crippen LogP contribution is 2.31. The van der Waals surface area contributed by atoms with Gasteiger partial charge in [-0.1, -0.05) is 13.8 Å². The van der Waals surface area contributed by atoms with E-state index < -0.39 is 0 Å². The Hall–Kier alpha value is -1.63. The number of aromatic nitrogens is 5. The van der Waals surface area contributed by atoms with E-state index in [4.69, 9.17) is 4.98 Å². The molecule has 0 saturated heterocycles. The molecule has 0 amide bonds. The van der Waals surface area contributed by atoms with Crippen LogP contribution in [0.1, 0.15) is 43.9 Å². The average molecular weight is 306 g/mol. The van der Waals surface area contributed by atoms with Crippen LogP contribution < -0.4 is 5.32 Å². The summed E-state index contributed by atoms with van der Waals surface area (Å²) in [5, 5.41) is 13.4. The molecule has 0 aliphatic heterocycles. The monoisotopic (exact) mass is 306 g/mol. The van der Waals surface area contributed by atoms with Crippen LogP contribution in [0.3, 0.4) is 0 Å². The molecule has 0 spiro atoms. The van der Waals surface area contributed by atoms with Gasteiger partial charge >= 0.3 is 0 Å². The maximum absolute atomic E-state index is 4.69. The molecular weight excluding hydrogens is 284 g/mol. The number of aryl methyl sites for hydroxylation is 1. The number of rotatable bonds is 5. The second-order valence-electron chi connectivity index (χ2n) is 5.24. The van der Waals surface area contributed by atoms with E-state index in [1.54, 1.807) is 0 Å². The van der Waals surface area contributed by atoms with Crippen molar-refractivity contribution in [2.24, 2.45) is 7.05 Å². The highest BCUT2D eigenvalue weighted by molar-refractivity contribution is 7.99. The van der Waals surface area contributed by atoms with Gasteiger partial charge < -0.3 is 9.88 Å². The zero-order chi connectivity index (χ0) is 15.6. The van der Waals surface area contributed by atoms with Crippen molar-refractivity contribution in [1.82, 2.24) is 24.7 Å². The Balaban J connectivity index is 2.43. The zero-order valence-corrected chi connectivity index (χ0v) is 14.2. The van der Waals surface area contributed by atoms with Gasteiger partial charge in [0.25, 0.3) is 0 Å². The van der Waals surface area contributed by atoms with Gasteiger partial charge in [-0.25, -0.2) is 9.97 Å². The molecule has 7 heteroatoms. The van der Waals surface area contributed by atoms with Crippen LogP contribution in [0.5, 0.6) is 0 Å². The van der Waals surface area contributed by atoms with Crippen LogP contribution in [0.25, 0.3) is 0 Å². The van der Waals surface area contributed by atoms with E-state index in [1.807, 2.05) is 25.5 Å². The second kappa shape index (κ2) is 6.43. The molecule has 0 aromatic carbocycles. The Morgan fingerprint density at radius 2 is 1.90 bits per heavy atom. The quantitative estimate of drug-likeness (QED) is 0.857. The number of nitrogens with zero attached hydrogens (tertiary/aromatic N) is 5. The predicted molar refractivity (Wildman–Crippen MR) is 84.9 cm³/mol. The first kappa shape index (κ1) is 15.8. The molecule has 0 saturated carbocycles. The zero-order valence-electron chi connectivity index (χ0n) is 13.4. The molecule has 1 N–H and O–H groups in total. The minimum atomic E-state index is 0.281. The smallest absolute Gasteiger partial charge is 0.197 e. The van der Waals surface area contributed by atoms with Crippen molar-refractivity contribution in [3.63, 3.8) is 0 Å². The lowest BCUT2D eigenvalue weighted by Gasteiger charge is -2.14. The first-order chi connectivity index (χ1) is 9.93. The lowest BCUT2D eigenvalue weighted by molar-refractivity contribution is 0.741. The summed E-state index contributed by atoms with van der Waals surface area (Å²) in [7, 11) is 1.96. The van der Waals surface area contributed by atoms with Gasteiger partial charge in [-0.15, -0.1) is 10.2 Å². The van der Waals surface area contributed by atoms with Crippen molar-refractivity contribution in [2.75, 3.05) is 11.9 Å². The van der Waals surface area contributed by atoms with Crippen molar-refractivity contribution in [1.29, 1.82) is 0 Å². The molecule has 0 aliphatic carbocycles. The highest BCUT2D eigenvalue weighted by Gasteiger charge is 2.16. The third kappa shape index (κ3) is 3.34. The average Bonchev–Trinajstić information content (AvgIpc) is 2.75. The van der Waals surface area contributed by atoms with Gasteiger partial charge in [0.2, 0.25) is 0 Å². The van der Waals surface area contributed by atoms with Crippen LogP contribution in [-0.2, 0) is 7.05 Å². The fourth-order valence-electron chi connectivity index (χ4n) is 1.77. The van der Waals surface area contributed by atoms with Gasteiger partial charge in [0.05, 0.1) is 0 Å². The van der Waals surface area contributed by atoms with Crippen LogP contribution in [-0.4, -0.2) is 31.3 Å². The summed E-state index contributed by atoms with van der Waals surface area (Å²) in [4.78, 5) is 9.30.